The van der Waals surface area contributed by atoms with Crippen molar-refractivity contribution in [2.24, 2.45) is 0 Å². The molecule has 1 heterocycles. The quantitative estimate of drug-likeness (QED) is 0.637. The van der Waals surface area contributed by atoms with Gasteiger partial charge in [0.25, 0.3) is 0 Å². The Kier molecular flexibility index (Phi) is 7.95. The molecule has 2 fully saturated rings. The summed E-state index contributed by atoms with van der Waals surface area (Å²) >= 11 is 0. The van der Waals surface area contributed by atoms with Crippen molar-refractivity contribution in [3.63, 3.8) is 0 Å². The molecule has 174 valence electrons. The molecule has 1 aliphatic carbocycles. The van der Waals surface area contributed by atoms with E-state index in [1.807, 2.05) is 12.1 Å². The van der Waals surface area contributed by atoms with Crippen LogP contribution >= 0.6 is 0 Å². The minimum atomic E-state index is -0.187. The number of β-amino-alcohol motifs (C(OH)–C–C–N with tert-alkyl or cyclic N) is 1. The highest BCUT2D eigenvalue weighted by molar-refractivity contribution is 5.64. The first kappa shape index (κ1) is 23.4. The van der Waals surface area contributed by atoms with Gasteiger partial charge in [-0.15, -0.1) is 0 Å². The fourth-order valence-corrected chi connectivity index (χ4v) is 5.32. The van der Waals surface area contributed by atoms with E-state index in [0.29, 0.717) is 30.4 Å². The lowest BCUT2D eigenvalue weighted by molar-refractivity contribution is 0.0238. The predicted octanol–water partition coefficient (Wildman–Crippen LogP) is 4.84. The number of aliphatic hydroxyl groups excluding tert-OH is 1. The molecule has 4 rings (SSSR count). The molecular weight excluding hydrogens is 403 g/mol. The van der Waals surface area contributed by atoms with Gasteiger partial charge in [-0.05, 0) is 49.4 Å². The molecule has 0 spiro atoms. The summed E-state index contributed by atoms with van der Waals surface area (Å²) < 4.78 is 20.5. The largest absolute Gasteiger partial charge is 0.395 e. The summed E-state index contributed by atoms with van der Waals surface area (Å²) in [5.74, 6) is -0.187. The number of hydrogen-bond donors (Lipinski definition) is 1. The number of nitrogens with zero attached hydrogens (tertiary/aromatic N) is 2. The molecule has 0 bridgehead atoms. The molecular formula is C27H37FN2O2. The molecule has 1 saturated heterocycles. The minimum absolute atomic E-state index is 0.187. The number of halogens is 1. The van der Waals surface area contributed by atoms with Crippen molar-refractivity contribution in [1.29, 1.82) is 0 Å². The monoisotopic (exact) mass is 440 g/mol. The van der Waals surface area contributed by atoms with E-state index >= 15 is 0 Å². The molecule has 0 aromatic heterocycles. The van der Waals surface area contributed by atoms with E-state index < -0.39 is 0 Å². The Hall–Kier alpha value is -1.79. The van der Waals surface area contributed by atoms with E-state index in [1.54, 1.807) is 6.07 Å². The second kappa shape index (κ2) is 10.9. The molecule has 2 aromatic carbocycles. The molecule has 2 atom stereocenters. The second-order valence-corrected chi connectivity index (χ2v) is 9.57. The summed E-state index contributed by atoms with van der Waals surface area (Å²) in [5, 5.41) is 9.29. The van der Waals surface area contributed by atoms with Crippen LogP contribution in [0.15, 0.2) is 42.5 Å². The molecule has 2 aromatic rings. The van der Waals surface area contributed by atoms with Gasteiger partial charge >= 0.3 is 0 Å². The van der Waals surface area contributed by atoms with Crippen LogP contribution in [0.5, 0.6) is 0 Å². The Morgan fingerprint density at radius 2 is 1.62 bits per heavy atom. The molecule has 0 amide bonds. The number of piperazine rings is 1. The van der Waals surface area contributed by atoms with Crippen molar-refractivity contribution in [3.8, 4) is 11.1 Å². The molecule has 5 heteroatoms. The third-order valence-electron chi connectivity index (χ3n) is 7.06. The Balaban J connectivity index is 1.34. The molecule has 0 unspecified atom stereocenters. The average Bonchev–Trinajstić information content (AvgIpc) is 3.30. The summed E-state index contributed by atoms with van der Waals surface area (Å²) in [6, 6.07) is 14.8. The number of hydrogen-bond acceptors (Lipinski definition) is 4. The number of ether oxygens (including phenoxy) is 1. The van der Waals surface area contributed by atoms with Crippen LogP contribution in [0.2, 0.25) is 0 Å². The standard InChI is InChI=1S/C27H37FN2O2/c1-20-16-29(17-21(2)30(20)13-14-31)18-22-7-9-23(10-8-22)24-11-12-25(27(28)15-24)19-32-26-5-3-4-6-26/h7-12,15,20-21,26,31H,3-6,13-14,16-19H2,1-2H3/t20-,21+. The normalized spacial score (nSPS) is 23.1. The van der Waals surface area contributed by atoms with Crippen molar-refractivity contribution >= 4 is 0 Å². The van der Waals surface area contributed by atoms with E-state index in [4.69, 9.17) is 4.74 Å². The van der Waals surface area contributed by atoms with E-state index in [-0.39, 0.29) is 12.4 Å². The summed E-state index contributed by atoms with van der Waals surface area (Å²) in [6.07, 6.45) is 4.94. The maximum atomic E-state index is 14.7. The van der Waals surface area contributed by atoms with Gasteiger partial charge in [-0.2, -0.15) is 0 Å². The van der Waals surface area contributed by atoms with Crippen LogP contribution in [0.3, 0.4) is 0 Å². The fourth-order valence-electron chi connectivity index (χ4n) is 5.32. The maximum absolute atomic E-state index is 14.7. The van der Waals surface area contributed by atoms with Gasteiger partial charge in [0, 0.05) is 43.8 Å². The van der Waals surface area contributed by atoms with Gasteiger partial charge in [-0.3, -0.25) is 9.80 Å². The molecule has 1 aliphatic heterocycles. The van der Waals surface area contributed by atoms with Gasteiger partial charge in [0.05, 0.1) is 19.3 Å². The smallest absolute Gasteiger partial charge is 0.129 e. The Morgan fingerprint density at radius 3 is 2.25 bits per heavy atom. The summed E-state index contributed by atoms with van der Waals surface area (Å²) in [7, 11) is 0. The summed E-state index contributed by atoms with van der Waals surface area (Å²) in [5.41, 5.74) is 3.84. The number of aliphatic hydroxyl groups is 1. The van der Waals surface area contributed by atoms with Crippen LogP contribution in [-0.2, 0) is 17.9 Å². The molecule has 1 saturated carbocycles. The Morgan fingerprint density at radius 1 is 0.969 bits per heavy atom. The minimum Gasteiger partial charge on any atom is -0.395 e. The molecule has 2 aliphatic rings. The first-order valence-corrected chi connectivity index (χ1v) is 12.1. The van der Waals surface area contributed by atoms with E-state index in [1.165, 1.54) is 18.4 Å². The third kappa shape index (κ3) is 5.76. The van der Waals surface area contributed by atoms with Crippen molar-refractivity contribution in [2.45, 2.75) is 70.9 Å². The van der Waals surface area contributed by atoms with Gasteiger partial charge in [0.2, 0.25) is 0 Å². The van der Waals surface area contributed by atoms with Gasteiger partial charge in [0.1, 0.15) is 5.82 Å². The molecule has 4 nitrogen and oxygen atoms in total. The summed E-state index contributed by atoms with van der Waals surface area (Å²) in [4.78, 5) is 4.87. The van der Waals surface area contributed by atoms with Crippen molar-refractivity contribution in [1.82, 2.24) is 9.80 Å². The zero-order valence-corrected chi connectivity index (χ0v) is 19.5. The van der Waals surface area contributed by atoms with E-state index in [9.17, 15) is 9.50 Å². The molecule has 32 heavy (non-hydrogen) atoms. The lowest BCUT2D eigenvalue weighted by Gasteiger charge is -2.44. The zero-order valence-electron chi connectivity index (χ0n) is 19.5. The summed E-state index contributed by atoms with van der Waals surface area (Å²) in [6.45, 7) is 8.70. The van der Waals surface area contributed by atoms with Crippen LogP contribution < -0.4 is 0 Å². The van der Waals surface area contributed by atoms with E-state index in [2.05, 4.69) is 47.9 Å². The van der Waals surface area contributed by atoms with Crippen LogP contribution in [0.1, 0.15) is 50.7 Å². The van der Waals surface area contributed by atoms with Gasteiger partial charge in [-0.25, -0.2) is 4.39 Å². The van der Waals surface area contributed by atoms with Crippen molar-refractivity contribution in [2.75, 3.05) is 26.2 Å². The molecule has 1 N–H and O–H groups in total. The molecule has 0 radical (unpaired) electrons. The SMILES string of the molecule is C[C@@H]1CN(Cc2ccc(-c3ccc(COC4CCCC4)c(F)c3)cc2)C[C@H](C)N1CCO. The number of rotatable bonds is 8. The first-order chi connectivity index (χ1) is 15.5. The lowest BCUT2D eigenvalue weighted by atomic mass is 10.0. The second-order valence-electron chi connectivity index (χ2n) is 9.57. The topological polar surface area (TPSA) is 35.9 Å². The third-order valence-corrected chi connectivity index (χ3v) is 7.06. The van der Waals surface area contributed by atoms with Crippen LogP contribution in [0.4, 0.5) is 4.39 Å². The Bertz CT molecular complexity index is 854. The zero-order chi connectivity index (χ0) is 22.5. The highest BCUT2D eigenvalue weighted by atomic mass is 19.1. The van der Waals surface area contributed by atoms with Gasteiger partial charge in [0.15, 0.2) is 0 Å². The van der Waals surface area contributed by atoms with E-state index in [0.717, 1.165) is 50.1 Å². The van der Waals surface area contributed by atoms with Gasteiger partial charge in [-0.1, -0.05) is 49.2 Å². The Labute approximate surface area is 192 Å². The lowest BCUT2D eigenvalue weighted by Crippen LogP contribution is -2.56. The number of benzene rings is 2. The fraction of sp³-hybridized carbons (Fsp3) is 0.556. The van der Waals surface area contributed by atoms with Crippen molar-refractivity contribution in [3.05, 3.63) is 59.4 Å². The maximum Gasteiger partial charge on any atom is 0.129 e. The van der Waals surface area contributed by atoms with Crippen LogP contribution in [-0.4, -0.2) is 59.3 Å². The predicted molar refractivity (Wildman–Crippen MR) is 127 cm³/mol. The average molecular weight is 441 g/mol. The van der Waals surface area contributed by atoms with Gasteiger partial charge < -0.3 is 9.84 Å². The van der Waals surface area contributed by atoms with Crippen LogP contribution in [0.25, 0.3) is 11.1 Å². The highest BCUT2D eigenvalue weighted by Crippen LogP contribution is 2.26. The van der Waals surface area contributed by atoms with Crippen LogP contribution in [0, 0.1) is 5.82 Å². The first-order valence-electron chi connectivity index (χ1n) is 12.1. The van der Waals surface area contributed by atoms with Crippen molar-refractivity contribution < 1.29 is 14.2 Å². The highest BCUT2D eigenvalue weighted by Gasteiger charge is 2.28.